The van der Waals surface area contributed by atoms with Crippen LogP contribution in [-0.4, -0.2) is 50.2 Å². The third-order valence-electron chi connectivity index (χ3n) is 5.42. The summed E-state index contributed by atoms with van der Waals surface area (Å²) in [4.78, 5) is 17.4. The van der Waals surface area contributed by atoms with E-state index >= 15 is 0 Å². The molecule has 6 nitrogen and oxygen atoms in total. The number of hydrogen-bond acceptors (Lipinski definition) is 5. The molecule has 3 aromatic rings. The van der Waals surface area contributed by atoms with Gasteiger partial charge in [0.25, 0.3) is 5.91 Å². The van der Waals surface area contributed by atoms with Crippen molar-refractivity contribution in [1.29, 1.82) is 0 Å². The highest BCUT2D eigenvalue weighted by molar-refractivity contribution is 5.99. The Morgan fingerprint density at radius 3 is 2.47 bits per heavy atom. The van der Waals surface area contributed by atoms with Crippen LogP contribution in [0.5, 0.6) is 5.75 Å². The zero-order valence-corrected chi connectivity index (χ0v) is 17.6. The lowest BCUT2D eigenvalue weighted by molar-refractivity contribution is 0.0706. The topological polar surface area (TPSA) is 55.2 Å². The van der Waals surface area contributed by atoms with Crippen LogP contribution in [0.3, 0.4) is 0 Å². The zero-order valence-electron chi connectivity index (χ0n) is 17.6. The molecular weight excluding hydrogens is 380 g/mol. The molecule has 1 aliphatic heterocycles. The van der Waals surface area contributed by atoms with Crippen LogP contribution in [0.15, 0.2) is 52.9 Å². The van der Waals surface area contributed by atoms with E-state index in [9.17, 15) is 4.79 Å². The van der Waals surface area contributed by atoms with Crippen LogP contribution in [0.1, 0.15) is 30.0 Å². The highest BCUT2D eigenvalue weighted by atomic mass is 16.5. The Hall–Kier alpha value is -2.99. The van der Waals surface area contributed by atoms with E-state index in [1.54, 1.807) is 0 Å². The fourth-order valence-corrected chi connectivity index (χ4v) is 3.91. The minimum absolute atomic E-state index is 0.0707. The van der Waals surface area contributed by atoms with E-state index in [1.807, 2.05) is 61.2 Å². The molecule has 0 aliphatic carbocycles. The van der Waals surface area contributed by atoms with Gasteiger partial charge in [0.2, 0.25) is 0 Å². The molecule has 1 saturated heterocycles. The molecule has 30 heavy (non-hydrogen) atoms. The smallest absolute Gasteiger partial charge is 0.290 e. The number of rotatable bonds is 7. The largest absolute Gasteiger partial charge is 0.492 e. The predicted octanol–water partition coefficient (Wildman–Crippen LogP) is 4.33. The molecule has 0 radical (unpaired) electrons. The summed E-state index contributed by atoms with van der Waals surface area (Å²) in [6.07, 6.45) is 0. The van der Waals surface area contributed by atoms with E-state index in [0.29, 0.717) is 38.7 Å². The number of anilines is 1. The molecule has 0 saturated carbocycles. The van der Waals surface area contributed by atoms with Gasteiger partial charge in [-0.05, 0) is 32.0 Å². The minimum atomic E-state index is -0.0707. The first kappa shape index (κ1) is 20.3. The number of carbonyl (C=O) groups is 1. The number of para-hydroxylation sites is 3. The van der Waals surface area contributed by atoms with Crippen molar-refractivity contribution in [2.75, 3.05) is 44.3 Å². The predicted molar refractivity (Wildman–Crippen MR) is 117 cm³/mol. The maximum absolute atomic E-state index is 13.3. The second-order valence-corrected chi connectivity index (χ2v) is 7.22. The fourth-order valence-electron chi connectivity index (χ4n) is 3.91. The molecule has 4 rings (SSSR count). The van der Waals surface area contributed by atoms with Crippen molar-refractivity contribution in [2.45, 2.75) is 20.5 Å². The number of amides is 1. The Kier molecular flexibility index (Phi) is 6.23. The van der Waals surface area contributed by atoms with Crippen molar-refractivity contribution >= 4 is 22.6 Å². The first-order valence-corrected chi connectivity index (χ1v) is 10.6. The number of furan rings is 1. The van der Waals surface area contributed by atoms with Crippen molar-refractivity contribution in [3.05, 3.63) is 59.9 Å². The summed E-state index contributed by atoms with van der Waals surface area (Å²) in [5.74, 6) is 1.21. The lowest BCUT2D eigenvalue weighted by Gasteiger charge is -2.36. The number of hydrogen-bond donors (Lipinski definition) is 0. The third-order valence-corrected chi connectivity index (χ3v) is 5.42. The van der Waals surface area contributed by atoms with Gasteiger partial charge in [0.15, 0.2) is 5.76 Å². The Morgan fingerprint density at radius 1 is 0.967 bits per heavy atom. The van der Waals surface area contributed by atoms with Crippen LogP contribution in [0.2, 0.25) is 0 Å². The molecule has 0 N–H and O–H groups in total. The Labute approximate surface area is 177 Å². The van der Waals surface area contributed by atoms with Gasteiger partial charge in [-0.1, -0.05) is 30.3 Å². The van der Waals surface area contributed by atoms with E-state index in [-0.39, 0.29) is 5.91 Å². The molecule has 1 aliphatic rings. The highest BCUT2D eigenvalue weighted by Gasteiger charge is 2.28. The van der Waals surface area contributed by atoms with E-state index in [0.717, 1.165) is 41.1 Å². The molecule has 1 amide bonds. The molecular formula is C24H28N2O4. The Balaban J connectivity index is 1.51. The number of ether oxygens (including phenoxy) is 2. The number of benzene rings is 2. The second kappa shape index (κ2) is 9.22. The summed E-state index contributed by atoms with van der Waals surface area (Å²) in [5.41, 5.74) is 2.63. The van der Waals surface area contributed by atoms with E-state index in [1.165, 1.54) is 0 Å². The quantitative estimate of drug-likeness (QED) is 0.582. The van der Waals surface area contributed by atoms with E-state index < -0.39 is 0 Å². The summed E-state index contributed by atoms with van der Waals surface area (Å²) >= 11 is 0. The number of piperazine rings is 1. The molecule has 2 aromatic carbocycles. The zero-order chi connectivity index (χ0) is 20.9. The van der Waals surface area contributed by atoms with Crippen molar-refractivity contribution in [3.8, 4) is 5.75 Å². The lowest BCUT2D eigenvalue weighted by atomic mass is 10.1. The summed E-state index contributed by atoms with van der Waals surface area (Å²) < 4.78 is 17.4. The van der Waals surface area contributed by atoms with Gasteiger partial charge in [-0.25, -0.2) is 0 Å². The summed E-state index contributed by atoms with van der Waals surface area (Å²) in [5, 5.41) is 0.943. The highest BCUT2D eigenvalue weighted by Crippen LogP contribution is 2.31. The Bertz CT molecular complexity index is 1010. The summed E-state index contributed by atoms with van der Waals surface area (Å²) in [7, 11) is 0. The SMILES string of the molecule is CCOCc1c(C(=O)N2CCN(c3ccccc3OCC)CC2)oc2ccccc12. The summed E-state index contributed by atoms with van der Waals surface area (Å²) in [6.45, 7) is 8.28. The van der Waals surface area contributed by atoms with E-state index in [4.69, 9.17) is 13.9 Å². The monoisotopic (exact) mass is 408 g/mol. The van der Waals surface area contributed by atoms with E-state index in [2.05, 4.69) is 11.0 Å². The van der Waals surface area contributed by atoms with Gasteiger partial charge in [-0.15, -0.1) is 0 Å². The first-order valence-electron chi connectivity index (χ1n) is 10.6. The van der Waals surface area contributed by atoms with Crippen LogP contribution >= 0.6 is 0 Å². The molecule has 2 heterocycles. The van der Waals surface area contributed by atoms with Crippen molar-refractivity contribution in [2.24, 2.45) is 0 Å². The number of fused-ring (bicyclic) bond motifs is 1. The first-order chi connectivity index (χ1) is 14.7. The number of nitrogens with zero attached hydrogens (tertiary/aromatic N) is 2. The van der Waals surface area contributed by atoms with Crippen molar-refractivity contribution < 1.29 is 18.7 Å². The average molecular weight is 408 g/mol. The van der Waals surface area contributed by atoms with Gasteiger partial charge in [-0.3, -0.25) is 4.79 Å². The molecule has 158 valence electrons. The maximum Gasteiger partial charge on any atom is 0.290 e. The molecule has 1 fully saturated rings. The Morgan fingerprint density at radius 2 is 1.70 bits per heavy atom. The van der Waals surface area contributed by atoms with Crippen LogP contribution in [-0.2, 0) is 11.3 Å². The van der Waals surface area contributed by atoms with Gasteiger partial charge in [0, 0.05) is 43.7 Å². The summed E-state index contributed by atoms with van der Waals surface area (Å²) in [6, 6.07) is 15.8. The molecule has 6 heteroatoms. The molecule has 0 spiro atoms. The fraction of sp³-hybridized carbons (Fsp3) is 0.375. The standard InChI is InChI=1S/C24H28N2O4/c1-3-28-17-19-18-9-5-7-11-21(18)30-23(19)24(27)26-15-13-25(14-16-26)20-10-6-8-12-22(20)29-4-2/h5-12H,3-4,13-17H2,1-2H3. The van der Waals surface area contributed by atoms with Gasteiger partial charge in [0.1, 0.15) is 11.3 Å². The maximum atomic E-state index is 13.3. The average Bonchev–Trinajstić information content (AvgIpc) is 3.16. The molecule has 1 aromatic heterocycles. The molecule has 0 bridgehead atoms. The van der Waals surface area contributed by atoms with Crippen LogP contribution in [0.25, 0.3) is 11.0 Å². The van der Waals surface area contributed by atoms with Gasteiger partial charge in [0.05, 0.1) is 18.9 Å². The number of carbonyl (C=O) groups excluding carboxylic acids is 1. The van der Waals surface area contributed by atoms with Gasteiger partial charge < -0.3 is 23.7 Å². The molecule has 0 unspecified atom stereocenters. The van der Waals surface area contributed by atoms with Crippen LogP contribution in [0, 0.1) is 0 Å². The minimum Gasteiger partial charge on any atom is -0.492 e. The second-order valence-electron chi connectivity index (χ2n) is 7.22. The van der Waals surface area contributed by atoms with Crippen molar-refractivity contribution in [3.63, 3.8) is 0 Å². The van der Waals surface area contributed by atoms with Crippen LogP contribution in [0.4, 0.5) is 5.69 Å². The lowest BCUT2D eigenvalue weighted by Crippen LogP contribution is -2.49. The third kappa shape index (κ3) is 4.00. The van der Waals surface area contributed by atoms with Gasteiger partial charge in [-0.2, -0.15) is 0 Å². The van der Waals surface area contributed by atoms with Crippen LogP contribution < -0.4 is 9.64 Å². The van der Waals surface area contributed by atoms with Gasteiger partial charge >= 0.3 is 0 Å². The molecule has 0 atom stereocenters. The normalized spacial score (nSPS) is 14.3. The van der Waals surface area contributed by atoms with Crippen molar-refractivity contribution in [1.82, 2.24) is 4.90 Å².